The van der Waals surface area contributed by atoms with Crippen LogP contribution in [0.5, 0.6) is 0 Å². The monoisotopic (exact) mass is 753 g/mol. The lowest BCUT2D eigenvalue weighted by Crippen LogP contribution is -2.44. The predicted molar refractivity (Wildman–Crippen MR) is 241 cm³/mol. The van der Waals surface area contributed by atoms with E-state index in [9.17, 15) is 4.79 Å². The minimum Gasteiger partial charge on any atom is -0.294 e. The molecular weight excluding hydrogens is 667 g/mol. The Morgan fingerprint density at radius 3 is 1.27 bits per heavy atom. The van der Waals surface area contributed by atoms with Gasteiger partial charge in [0.2, 0.25) is 0 Å². The van der Waals surface area contributed by atoms with E-state index >= 15 is 0 Å². The maximum Gasteiger partial charge on any atom is 0.197 e. The van der Waals surface area contributed by atoms with Crippen LogP contribution in [-0.4, -0.2) is 5.78 Å². The van der Waals surface area contributed by atoms with Gasteiger partial charge >= 0.3 is 0 Å². The number of ketones is 1. The highest BCUT2D eigenvalue weighted by atomic mass is 16.1. The number of Topliss-reactive ketones (excluding diaryl/α,β-unsaturated/α-hetero) is 1. The maximum absolute atomic E-state index is 13.6. The summed E-state index contributed by atoms with van der Waals surface area (Å²) in [5.41, 5.74) is 3.48. The highest BCUT2D eigenvalue weighted by molar-refractivity contribution is 5.99. The minimum absolute atomic E-state index is 0.228. The second kappa shape index (κ2) is 32.6. The van der Waals surface area contributed by atoms with E-state index in [0.29, 0.717) is 6.42 Å². The summed E-state index contributed by atoms with van der Waals surface area (Å²) in [5, 5.41) is 2.53. The van der Waals surface area contributed by atoms with Crippen molar-refractivity contribution in [3.8, 4) is 0 Å². The van der Waals surface area contributed by atoms with Crippen LogP contribution in [-0.2, 0) is 19.4 Å². The van der Waals surface area contributed by atoms with E-state index in [-0.39, 0.29) is 5.78 Å². The van der Waals surface area contributed by atoms with Crippen LogP contribution in [0.3, 0.4) is 0 Å². The van der Waals surface area contributed by atoms with Gasteiger partial charge in [-0.25, -0.2) is 0 Å². The summed E-state index contributed by atoms with van der Waals surface area (Å²) in [5.74, 6) is 0.228. The number of rotatable bonds is 37. The number of pyridine rings is 1. The second-order valence-electron chi connectivity index (χ2n) is 17.1. The van der Waals surface area contributed by atoms with Crippen molar-refractivity contribution in [2.24, 2.45) is 0 Å². The van der Waals surface area contributed by atoms with E-state index in [0.717, 1.165) is 18.5 Å². The molecule has 0 saturated carbocycles. The smallest absolute Gasteiger partial charge is 0.197 e. The number of carbonyl (C=O) groups is 1. The van der Waals surface area contributed by atoms with E-state index in [1.165, 1.54) is 228 Å². The van der Waals surface area contributed by atoms with E-state index in [4.69, 9.17) is 0 Å². The van der Waals surface area contributed by atoms with Gasteiger partial charge in [0.05, 0.1) is 6.42 Å². The van der Waals surface area contributed by atoms with Gasteiger partial charge < -0.3 is 0 Å². The first kappa shape index (κ1) is 46.9. The van der Waals surface area contributed by atoms with Crippen LogP contribution < -0.4 is 4.57 Å². The molecule has 0 unspecified atom stereocenters. The van der Waals surface area contributed by atoms with Crippen LogP contribution in [0.4, 0.5) is 0 Å². The van der Waals surface area contributed by atoms with Crippen molar-refractivity contribution in [2.45, 2.75) is 239 Å². The van der Waals surface area contributed by atoms with E-state index in [2.05, 4.69) is 48.7 Å². The summed E-state index contributed by atoms with van der Waals surface area (Å²) in [6.07, 6.45) is 46.2. The van der Waals surface area contributed by atoms with Gasteiger partial charge in [-0.15, -0.1) is 0 Å². The van der Waals surface area contributed by atoms with E-state index in [1.54, 1.807) is 0 Å². The Balaban J connectivity index is 1.42. The summed E-state index contributed by atoms with van der Waals surface area (Å²) in [6.45, 7) is 5.63. The number of fused-ring (bicyclic) bond motifs is 1. The van der Waals surface area contributed by atoms with Crippen molar-refractivity contribution in [3.05, 3.63) is 77.6 Å². The molecule has 0 spiro atoms. The highest BCUT2D eigenvalue weighted by Crippen LogP contribution is 2.22. The summed E-state index contributed by atoms with van der Waals surface area (Å²) < 4.78 is 2.58. The first-order chi connectivity index (χ1) is 27.2. The van der Waals surface area contributed by atoms with Crippen LogP contribution in [0.25, 0.3) is 10.8 Å². The van der Waals surface area contributed by atoms with Crippen molar-refractivity contribution in [2.75, 3.05) is 0 Å². The second-order valence-corrected chi connectivity index (χ2v) is 17.1. The van der Waals surface area contributed by atoms with Crippen molar-refractivity contribution in [3.63, 3.8) is 0 Å². The SMILES string of the molecule is CCCCCCCCCCCCCCCCCCc1cc2ccccc2c(CC(=O)c2ccccc2)[n+]1CCCCCCCCCCCCCCCCCC. The van der Waals surface area contributed by atoms with Crippen LogP contribution in [0.15, 0.2) is 60.7 Å². The van der Waals surface area contributed by atoms with Crippen molar-refractivity contribution in [1.29, 1.82) is 0 Å². The summed E-state index contributed by atoms with van der Waals surface area (Å²) in [7, 11) is 0. The molecule has 3 rings (SSSR count). The lowest BCUT2D eigenvalue weighted by atomic mass is 9.98. The fourth-order valence-electron chi connectivity index (χ4n) is 8.69. The van der Waals surface area contributed by atoms with Crippen molar-refractivity contribution in [1.82, 2.24) is 0 Å². The topological polar surface area (TPSA) is 20.9 Å². The molecule has 0 saturated heterocycles. The maximum atomic E-state index is 13.6. The molecule has 0 aliphatic carbocycles. The van der Waals surface area contributed by atoms with Crippen molar-refractivity contribution < 1.29 is 9.36 Å². The molecule has 1 heterocycles. The molecule has 3 aromatic rings. The Labute approximate surface area is 341 Å². The third kappa shape index (κ3) is 21.6. The lowest BCUT2D eigenvalue weighted by Gasteiger charge is -2.13. The number of unbranched alkanes of at least 4 members (excludes halogenated alkanes) is 30. The normalized spacial score (nSPS) is 11.5. The summed E-state index contributed by atoms with van der Waals surface area (Å²) >= 11 is 0. The fraction of sp³-hybridized carbons (Fsp3) is 0.698. The third-order valence-corrected chi connectivity index (χ3v) is 12.2. The van der Waals surface area contributed by atoms with Gasteiger partial charge in [0.15, 0.2) is 17.2 Å². The van der Waals surface area contributed by atoms with E-state index in [1.807, 2.05) is 30.3 Å². The molecule has 0 radical (unpaired) electrons. The van der Waals surface area contributed by atoms with Gasteiger partial charge in [-0.1, -0.05) is 249 Å². The molecule has 0 aliphatic heterocycles. The molecule has 2 aromatic carbocycles. The number of carbonyl (C=O) groups excluding carboxylic acids is 1. The molecule has 0 amide bonds. The first-order valence-electron chi connectivity index (χ1n) is 24.3. The van der Waals surface area contributed by atoms with Gasteiger partial charge in [0.1, 0.15) is 6.54 Å². The zero-order valence-corrected chi connectivity index (χ0v) is 36.4. The van der Waals surface area contributed by atoms with Gasteiger partial charge in [-0.3, -0.25) is 4.79 Å². The molecule has 0 N–H and O–H groups in total. The molecule has 1 aromatic heterocycles. The Hall–Kier alpha value is -2.48. The number of hydrogen-bond donors (Lipinski definition) is 0. The predicted octanol–water partition coefficient (Wildman–Crippen LogP) is 16.6. The van der Waals surface area contributed by atoms with Gasteiger partial charge in [0, 0.05) is 29.9 Å². The summed E-state index contributed by atoms with van der Waals surface area (Å²) in [6, 6.07) is 21.2. The molecule has 2 heteroatoms. The first-order valence-corrected chi connectivity index (χ1v) is 24.3. The Morgan fingerprint density at radius 1 is 0.436 bits per heavy atom. The average molecular weight is 753 g/mol. The number of aryl methyl sites for hydroxylation is 1. The van der Waals surface area contributed by atoms with Crippen LogP contribution in [0, 0.1) is 0 Å². The summed E-state index contributed by atoms with van der Waals surface area (Å²) in [4.78, 5) is 13.6. The minimum atomic E-state index is 0.228. The van der Waals surface area contributed by atoms with Gasteiger partial charge in [-0.05, 0) is 24.3 Å². The van der Waals surface area contributed by atoms with E-state index < -0.39 is 0 Å². The Kier molecular flexibility index (Phi) is 27.8. The van der Waals surface area contributed by atoms with Gasteiger partial charge in [0.25, 0.3) is 0 Å². The molecular formula is C53H86NO+. The Bertz CT molecular complexity index is 1350. The quantitative estimate of drug-likeness (QED) is 0.0326. The fourth-order valence-corrected chi connectivity index (χ4v) is 8.69. The lowest BCUT2D eigenvalue weighted by molar-refractivity contribution is -0.709. The van der Waals surface area contributed by atoms with Crippen molar-refractivity contribution >= 4 is 16.6 Å². The molecule has 308 valence electrons. The van der Waals surface area contributed by atoms with Crippen LogP contribution >= 0.6 is 0 Å². The zero-order valence-electron chi connectivity index (χ0n) is 36.4. The zero-order chi connectivity index (χ0) is 38.9. The number of nitrogens with zero attached hydrogens (tertiary/aromatic N) is 1. The number of aromatic nitrogens is 1. The van der Waals surface area contributed by atoms with Crippen LogP contribution in [0.1, 0.15) is 241 Å². The van der Waals surface area contributed by atoms with Crippen LogP contribution in [0.2, 0.25) is 0 Å². The molecule has 0 fully saturated rings. The molecule has 0 aliphatic rings. The average Bonchev–Trinajstić information content (AvgIpc) is 3.21. The molecule has 2 nitrogen and oxygen atoms in total. The highest BCUT2D eigenvalue weighted by Gasteiger charge is 2.24. The van der Waals surface area contributed by atoms with Gasteiger partial charge in [-0.2, -0.15) is 4.57 Å². The molecule has 0 bridgehead atoms. The standard InChI is InChI=1S/C53H86NO/c1-3-5-7-9-11-13-15-17-19-21-23-25-27-29-31-36-43-50-46-49-42-37-38-44-51(49)52(47-53(55)48-40-34-33-35-41-48)54(50)45-39-32-30-28-26-24-22-20-18-16-14-12-10-8-6-4-2/h33-35,37-38,40-42,44,46H,3-32,36,39,43,45,47H2,1-2H3/q+1. The molecule has 0 atom stereocenters. The molecule has 55 heavy (non-hydrogen) atoms. The number of hydrogen-bond acceptors (Lipinski definition) is 1. The third-order valence-electron chi connectivity index (χ3n) is 12.2. The Morgan fingerprint density at radius 2 is 0.818 bits per heavy atom. The largest absolute Gasteiger partial charge is 0.294 e. The number of benzene rings is 2.